The molecule has 2 aromatic heterocycles. The van der Waals surface area contributed by atoms with Gasteiger partial charge in [-0.3, -0.25) is 0 Å². The van der Waals surface area contributed by atoms with Crippen molar-refractivity contribution in [2.24, 2.45) is 0 Å². The monoisotopic (exact) mass is 327 g/mol. The van der Waals surface area contributed by atoms with Gasteiger partial charge in [-0.05, 0) is 35.8 Å². The molecule has 0 N–H and O–H groups in total. The fourth-order valence-electron chi connectivity index (χ4n) is 2.74. The second kappa shape index (κ2) is 6.14. The Morgan fingerprint density at radius 3 is 2.87 bits per heavy atom. The van der Waals surface area contributed by atoms with Gasteiger partial charge >= 0.3 is 0 Å². The number of morpholine rings is 1. The van der Waals surface area contributed by atoms with E-state index in [-0.39, 0.29) is 0 Å². The molecule has 1 aromatic carbocycles. The largest absolute Gasteiger partial charge is 0.497 e. The zero-order chi connectivity index (χ0) is 15.6. The number of methoxy groups -OCH3 is 1. The predicted molar refractivity (Wildman–Crippen MR) is 92.4 cm³/mol. The molecule has 0 aliphatic carbocycles. The highest BCUT2D eigenvalue weighted by Crippen LogP contribution is 2.32. The number of nitrogens with zero attached hydrogens (tertiary/aromatic N) is 3. The Hall–Kier alpha value is -2.18. The standard InChI is InChI=1S/C17H17N3O2S/c1-21-13-4-2-3-12(11-13)14-5-6-15-16(18-14)17(23-19-15)20-7-9-22-10-8-20/h2-6,11H,7-10H2,1H3. The van der Waals surface area contributed by atoms with E-state index in [1.807, 2.05) is 36.4 Å². The zero-order valence-corrected chi connectivity index (χ0v) is 13.7. The third kappa shape index (κ3) is 2.75. The van der Waals surface area contributed by atoms with Gasteiger partial charge in [0.1, 0.15) is 21.8 Å². The van der Waals surface area contributed by atoms with Crippen molar-refractivity contribution in [2.45, 2.75) is 0 Å². The van der Waals surface area contributed by atoms with Crippen molar-refractivity contribution in [3.63, 3.8) is 0 Å². The summed E-state index contributed by atoms with van der Waals surface area (Å²) in [6.45, 7) is 3.30. The quantitative estimate of drug-likeness (QED) is 0.739. The molecule has 118 valence electrons. The Morgan fingerprint density at radius 1 is 1.17 bits per heavy atom. The summed E-state index contributed by atoms with van der Waals surface area (Å²) in [7, 11) is 1.68. The van der Waals surface area contributed by atoms with Crippen LogP contribution in [-0.4, -0.2) is 42.8 Å². The van der Waals surface area contributed by atoms with Crippen LogP contribution in [0.15, 0.2) is 36.4 Å². The first-order valence-electron chi connectivity index (χ1n) is 7.59. The molecule has 1 aliphatic heterocycles. The number of anilines is 1. The minimum atomic E-state index is 0.759. The van der Waals surface area contributed by atoms with E-state index in [0.717, 1.165) is 59.3 Å². The van der Waals surface area contributed by atoms with Gasteiger partial charge < -0.3 is 14.4 Å². The summed E-state index contributed by atoms with van der Waals surface area (Å²) >= 11 is 1.51. The Bertz CT molecular complexity index is 828. The number of pyridine rings is 1. The molecule has 0 atom stereocenters. The maximum absolute atomic E-state index is 5.44. The third-order valence-electron chi connectivity index (χ3n) is 3.97. The van der Waals surface area contributed by atoms with Crippen LogP contribution in [-0.2, 0) is 4.74 Å². The molecule has 0 amide bonds. The number of aromatic nitrogens is 2. The molecule has 3 heterocycles. The van der Waals surface area contributed by atoms with Gasteiger partial charge in [0.25, 0.3) is 0 Å². The van der Waals surface area contributed by atoms with Crippen molar-refractivity contribution >= 4 is 27.6 Å². The molecule has 6 heteroatoms. The molecule has 0 bridgehead atoms. The first-order chi connectivity index (χ1) is 11.3. The lowest BCUT2D eigenvalue weighted by Crippen LogP contribution is -2.35. The number of ether oxygens (including phenoxy) is 2. The van der Waals surface area contributed by atoms with Crippen LogP contribution in [0.5, 0.6) is 5.75 Å². The summed E-state index contributed by atoms with van der Waals surface area (Å²) in [5.74, 6) is 0.834. The Kier molecular flexibility index (Phi) is 3.85. The summed E-state index contributed by atoms with van der Waals surface area (Å²) in [6, 6.07) is 12.0. The summed E-state index contributed by atoms with van der Waals surface area (Å²) < 4.78 is 15.3. The molecule has 1 aliphatic rings. The Morgan fingerprint density at radius 2 is 2.04 bits per heavy atom. The van der Waals surface area contributed by atoms with Gasteiger partial charge in [-0.25, -0.2) is 4.98 Å². The van der Waals surface area contributed by atoms with E-state index in [4.69, 9.17) is 14.5 Å². The van der Waals surface area contributed by atoms with Gasteiger partial charge in [0, 0.05) is 18.7 Å². The number of fused-ring (bicyclic) bond motifs is 1. The average Bonchev–Trinajstić information content (AvgIpc) is 3.05. The van der Waals surface area contributed by atoms with Crippen molar-refractivity contribution in [1.82, 2.24) is 9.36 Å². The highest BCUT2D eigenvalue weighted by atomic mass is 32.1. The molecule has 3 aromatic rings. The number of rotatable bonds is 3. The Labute approximate surface area is 138 Å². The van der Waals surface area contributed by atoms with Crippen LogP contribution in [0.1, 0.15) is 0 Å². The summed E-state index contributed by atoms with van der Waals surface area (Å²) in [6.07, 6.45) is 0. The first-order valence-corrected chi connectivity index (χ1v) is 8.36. The van der Waals surface area contributed by atoms with Crippen molar-refractivity contribution in [3.05, 3.63) is 36.4 Å². The van der Waals surface area contributed by atoms with E-state index in [1.165, 1.54) is 11.5 Å². The minimum Gasteiger partial charge on any atom is -0.497 e. The molecule has 4 rings (SSSR count). The van der Waals surface area contributed by atoms with Crippen LogP contribution in [0.2, 0.25) is 0 Å². The van der Waals surface area contributed by atoms with Crippen LogP contribution in [0.4, 0.5) is 5.00 Å². The van der Waals surface area contributed by atoms with Gasteiger partial charge in [0.05, 0.1) is 26.0 Å². The van der Waals surface area contributed by atoms with Crippen molar-refractivity contribution in [2.75, 3.05) is 38.3 Å². The maximum atomic E-state index is 5.44. The lowest BCUT2D eigenvalue weighted by molar-refractivity contribution is 0.123. The van der Waals surface area contributed by atoms with Gasteiger partial charge in [0.2, 0.25) is 0 Å². The minimum absolute atomic E-state index is 0.759. The smallest absolute Gasteiger partial charge is 0.138 e. The molecular weight excluding hydrogens is 310 g/mol. The number of hydrogen-bond donors (Lipinski definition) is 0. The SMILES string of the molecule is COc1cccc(-c2ccc3nsc(N4CCOCC4)c3n2)c1. The molecule has 0 spiro atoms. The molecule has 1 fully saturated rings. The molecular formula is C17H17N3O2S. The van der Waals surface area contributed by atoms with E-state index in [0.29, 0.717) is 0 Å². The van der Waals surface area contributed by atoms with E-state index >= 15 is 0 Å². The molecule has 0 saturated carbocycles. The summed E-state index contributed by atoms with van der Waals surface area (Å²) in [4.78, 5) is 7.18. The normalized spacial score (nSPS) is 15.1. The van der Waals surface area contributed by atoms with Crippen molar-refractivity contribution in [3.8, 4) is 17.0 Å². The van der Waals surface area contributed by atoms with Crippen LogP contribution in [0.25, 0.3) is 22.3 Å². The van der Waals surface area contributed by atoms with Gasteiger partial charge in [-0.15, -0.1) is 0 Å². The fraction of sp³-hybridized carbons (Fsp3) is 0.294. The molecule has 23 heavy (non-hydrogen) atoms. The van der Waals surface area contributed by atoms with Crippen LogP contribution in [0.3, 0.4) is 0 Å². The highest BCUT2D eigenvalue weighted by molar-refractivity contribution is 7.11. The van der Waals surface area contributed by atoms with Crippen molar-refractivity contribution < 1.29 is 9.47 Å². The van der Waals surface area contributed by atoms with E-state index in [1.54, 1.807) is 7.11 Å². The lowest BCUT2D eigenvalue weighted by atomic mass is 10.1. The lowest BCUT2D eigenvalue weighted by Gasteiger charge is -2.26. The van der Waals surface area contributed by atoms with E-state index < -0.39 is 0 Å². The predicted octanol–water partition coefficient (Wildman–Crippen LogP) is 3.20. The van der Waals surface area contributed by atoms with E-state index in [9.17, 15) is 0 Å². The molecule has 5 nitrogen and oxygen atoms in total. The second-order valence-electron chi connectivity index (χ2n) is 5.38. The fourth-order valence-corrected chi connectivity index (χ4v) is 3.60. The van der Waals surface area contributed by atoms with Gasteiger partial charge in [-0.1, -0.05) is 12.1 Å². The van der Waals surface area contributed by atoms with E-state index in [2.05, 4.69) is 9.27 Å². The van der Waals surface area contributed by atoms with Crippen LogP contribution in [0, 0.1) is 0 Å². The van der Waals surface area contributed by atoms with Gasteiger partial charge in [-0.2, -0.15) is 4.37 Å². The topological polar surface area (TPSA) is 47.5 Å². The highest BCUT2D eigenvalue weighted by Gasteiger charge is 2.18. The summed E-state index contributed by atoms with van der Waals surface area (Å²) in [5, 5.41) is 1.13. The third-order valence-corrected chi connectivity index (χ3v) is 4.88. The zero-order valence-electron chi connectivity index (χ0n) is 12.9. The average molecular weight is 327 g/mol. The first kappa shape index (κ1) is 14.4. The Balaban J connectivity index is 1.76. The van der Waals surface area contributed by atoms with Crippen LogP contribution < -0.4 is 9.64 Å². The second-order valence-corrected chi connectivity index (χ2v) is 6.14. The molecule has 0 radical (unpaired) electrons. The molecule has 0 unspecified atom stereocenters. The maximum Gasteiger partial charge on any atom is 0.138 e. The molecule has 1 saturated heterocycles. The number of hydrogen-bond acceptors (Lipinski definition) is 6. The van der Waals surface area contributed by atoms with Gasteiger partial charge in [0.15, 0.2) is 0 Å². The van der Waals surface area contributed by atoms with Crippen LogP contribution >= 0.6 is 11.5 Å². The number of benzene rings is 1. The van der Waals surface area contributed by atoms with Crippen molar-refractivity contribution in [1.29, 1.82) is 0 Å². The summed E-state index contributed by atoms with van der Waals surface area (Å²) in [5.41, 5.74) is 3.90.